The number of aromatic nitrogens is 7. The summed E-state index contributed by atoms with van der Waals surface area (Å²) in [4.78, 5) is 90.0. The fraction of sp³-hybridized carbons (Fsp3) is 0.625. The average Bonchev–Trinajstić information content (AvgIpc) is 0.762. The summed E-state index contributed by atoms with van der Waals surface area (Å²) in [5, 5.41) is 22.3. The number of aliphatic hydroxyl groups is 2. The lowest BCUT2D eigenvalue weighted by Gasteiger charge is -2.42. The van der Waals surface area contributed by atoms with Gasteiger partial charge in [-0.2, -0.15) is 9.97 Å². The van der Waals surface area contributed by atoms with Gasteiger partial charge in [-0.05, 0) is 188 Å². The van der Waals surface area contributed by atoms with Crippen LogP contribution >= 0.6 is 15.9 Å². The van der Waals surface area contributed by atoms with Crippen molar-refractivity contribution >= 4 is 57.5 Å². The van der Waals surface area contributed by atoms with Crippen LogP contribution in [0.15, 0.2) is 85.5 Å². The zero-order chi connectivity index (χ0) is 81.2. The molecule has 12 rings (SSSR count). The van der Waals surface area contributed by atoms with E-state index in [1.54, 1.807) is 40.3 Å². The van der Waals surface area contributed by atoms with Crippen molar-refractivity contribution in [2.45, 2.75) is 237 Å². The van der Waals surface area contributed by atoms with Gasteiger partial charge in [0.1, 0.15) is 29.3 Å². The van der Waals surface area contributed by atoms with Crippen LogP contribution in [0.25, 0.3) is 34.0 Å². The van der Waals surface area contributed by atoms with Crippen LogP contribution in [0, 0.1) is 0 Å². The van der Waals surface area contributed by atoms with Crippen LogP contribution in [-0.4, -0.2) is 214 Å². The first-order valence-corrected chi connectivity index (χ1v) is 42.0. The van der Waals surface area contributed by atoms with E-state index >= 15 is 0 Å². The Morgan fingerprint density at radius 3 is 1.30 bits per heavy atom. The number of halogens is 1. The van der Waals surface area contributed by atoms with E-state index in [9.17, 15) is 24.3 Å². The summed E-state index contributed by atoms with van der Waals surface area (Å²) in [7, 11) is 0. The zero-order valence-electron chi connectivity index (χ0n) is 69.9. The third-order valence-electron chi connectivity index (χ3n) is 23.7. The number of hydrogen-bond donors (Lipinski definition) is 3. The molecule has 24 heteroatoms. The summed E-state index contributed by atoms with van der Waals surface area (Å²) in [5.41, 5.74) is 14.1. The Morgan fingerprint density at radius 1 is 0.455 bits per heavy atom. The van der Waals surface area contributed by atoms with Gasteiger partial charge in [0.25, 0.3) is 0 Å². The maximum Gasteiger partial charge on any atom is 0.323 e. The Morgan fingerprint density at radius 2 is 0.866 bits per heavy atom. The van der Waals surface area contributed by atoms with E-state index in [2.05, 4.69) is 222 Å². The highest BCUT2D eigenvalue weighted by Crippen LogP contribution is 2.50. The molecular formula is C88H128BrN13O10. The minimum Gasteiger partial charge on any atom is -0.466 e. The van der Waals surface area contributed by atoms with E-state index in [0.717, 1.165) is 100 Å². The smallest absolute Gasteiger partial charge is 0.323 e. The molecule has 3 aromatic heterocycles. The Kier molecular flexibility index (Phi) is 31.3. The van der Waals surface area contributed by atoms with Gasteiger partial charge in [0.05, 0.1) is 38.7 Å². The van der Waals surface area contributed by atoms with E-state index in [1.165, 1.54) is 71.0 Å². The summed E-state index contributed by atoms with van der Waals surface area (Å²) in [6.07, 6.45) is 13.1. The number of nitrogens with one attached hydrogen (secondary N) is 1. The molecule has 0 saturated carbocycles. The molecule has 612 valence electrons. The molecule has 0 spiro atoms. The molecule has 23 nitrogen and oxygen atoms in total. The summed E-state index contributed by atoms with van der Waals surface area (Å²) in [6.45, 7) is 46.9. The van der Waals surface area contributed by atoms with Gasteiger partial charge in [0.15, 0.2) is 11.6 Å². The number of anilines is 3. The number of benzene rings is 3. The molecule has 3 aromatic carbocycles. The number of piperazine rings is 3. The maximum atomic E-state index is 12.7. The number of hydrogen-bond acceptors (Lipinski definition) is 23. The molecule has 3 atom stereocenters. The topological polar surface area (TPSA) is 264 Å². The van der Waals surface area contributed by atoms with Crippen LogP contribution in [0.1, 0.15) is 221 Å². The minimum atomic E-state index is -0.478. The number of pyridine rings is 1. The Hall–Kier alpha value is -7.61. The Balaban J connectivity index is 0.000000180. The first kappa shape index (κ1) is 88.3. The van der Waals surface area contributed by atoms with Crippen molar-refractivity contribution in [1.82, 2.24) is 50.0 Å². The molecule has 3 saturated heterocycles. The second-order valence-electron chi connectivity index (χ2n) is 34.3. The van der Waals surface area contributed by atoms with Gasteiger partial charge >= 0.3 is 23.9 Å². The van der Waals surface area contributed by atoms with Crippen molar-refractivity contribution in [2.75, 3.05) is 133 Å². The summed E-state index contributed by atoms with van der Waals surface area (Å²) < 4.78 is 19.8. The van der Waals surface area contributed by atoms with Gasteiger partial charge in [0, 0.05) is 121 Å². The van der Waals surface area contributed by atoms with Gasteiger partial charge in [-0.15, -0.1) is 0 Å². The number of carbonyl (C=O) groups is 4. The lowest BCUT2D eigenvalue weighted by atomic mass is 9.63. The molecule has 6 aliphatic rings. The Labute approximate surface area is 675 Å². The maximum absolute atomic E-state index is 12.7. The quantitative estimate of drug-likeness (QED) is 0.0289. The molecule has 3 aliphatic carbocycles. The zero-order valence-corrected chi connectivity index (χ0v) is 71.5. The van der Waals surface area contributed by atoms with Crippen LogP contribution in [0.5, 0.6) is 0 Å². The molecule has 0 bridgehead atoms. The lowest BCUT2D eigenvalue weighted by molar-refractivity contribution is -0.151. The highest BCUT2D eigenvalue weighted by Gasteiger charge is 2.41. The van der Waals surface area contributed by atoms with Crippen molar-refractivity contribution in [3.05, 3.63) is 119 Å². The van der Waals surface area contributed by atoms with E-state index in [0.29, 0.717) is 83.2 Å². The summed E-state index contributed by atoms with van der Waals surface area (Å²) >= 11 is 3.14. The number of rotatable bonds is 24. The molecular weight excluding hydrogens is 1480 g/mol. The number of esters is 4. The molecule has 6 aromatic rings. The van der Waals surface area contributed by atoms with E-state index < -0.39 is 10.9 Å². The van der Waals surface area contributed by atoms with Crippen LogP contribution in [0.2, 0.25) is 0 Å². The predicted octanol–water partition coefficient (Wildman–Crippen LogP) is 13.6. The van der Waals surface area contributed by atoms with Crippen molar-refractivity contribution in [1.29, 1.82) is 0 Å². The number of fused-ring (bicyclic) bond motifs is 3. The normalized spacial score (nSPS) is 19.3. The van der Waals surface area contributed by atoms with Crippen molar-refractivity contribution < 1.29 is 48.3 Å². The van der Waals surface area contributed by atoms with Crippen molar-refractivity contribution in [2.24, 2.45) is 0 Å². The standard InChI is InChI=1S/C30H43N5O4.C26H39N5O2.C23H31N3.C9H15BrO4/c1-7-38-25(36)12-11-24(27(37)39-8-2)34-15-17-35(18-16-34)28-32-20-31-26(33-28)21-9-10-22-23(19-21)30(5,6)14-13-29(22,3)4;1-25(2)9-10-26(3,4)22-16-19(7-8-21(22)25)23-27-18-28-24(29-23)31-13-11-30(12-14-31)20(17-33)6-5-15-32;1-22(2)10-11-23(3,4)19-16-17(8-9-18(19)22)20-6-5-7-21(25-20)26-14-12-24-13-15-26;1-3-13-8(11)6-5-7(10)9(12)14-4-2/h9-10,19-20,24H,7-8,11-18H2,1-6H3;7-8,16,18,20,32-33H,5-6,9-15,17H2,1-4H3;5-9,16,24H,10-15H2,1-4H3;7H,3-6H2,1-2H3. The third-order valence-corrected chi connectivity index (χ3v) is 24.5. The number of alkyl halides is 1. The van der Waals surface area contributed by atoms with Crippen LogP contribution in [-0.2, 0) is 70.6 Å². The summed E-state index contributed by atoms with van der Waals surface area (Å²) in [6, 6.07) is 26.5. The third kappa shape index (κ3) is 22.9. The second kappa shape index (κ2) is 39.6. The number of ether oxygens (including phenoxy) is 4. The largest absolute Gasteiger partial charge is 0.466 e. The molecule has 3 N–H and O–H groups in total. The second-order valence-corrected chi connectivity index (χ2v) is 35.4. The van der Waals surface area contributed by atoms with Gasteiger partial charge in [-0.1, -0.05) is 141 Å². The molecule has 0 amide bonds. The Bertz CT molecular complexity index is 4090. The van der Waals surface area contributed by atoms with Crippen molar-refractivity contribution in [3.63, 3.8) is 0 Å². The van der Waals surface area contributed by atoms with E-state index in [4.69, 9.17) is 39.0 Å². The highest BCUT2D eigenvalue weighted by atomic mass is 79.9. The SMILES string of the molecule is CC1(C)CCC(C)(C)c2cc(-c3cccc(N4CCNCC4)n3)ccc21.CC1(C)CCC(C)(C)c2cc(-c3ncnc(N4CCN(C(CO)CCCO)CC4)n3)ccc21.CCOC(=O)CCC(Br)C(=O)OCC.CCOC(=O)CCC(C(=O)OCC)N1CCN(c2ncnc(-c3ccc4c(c3)C(C)(C)CCC4(C)C)n2)CC1. The molecule has 112 heavy (non-hydrogen) atoms. The first-order chi connectivity index (χ1) is 53.3. The summed E-state index contributed by atoms with van der Waals surface area (Å²) in [5.74, 6) is 2.63. The fourth-order valence-corrected chi connectivity index (χ4v) is 16.6. The highest BCUT2D eigenvalue weighted by molar-refractivity contribution is 9.10. The molecule has 3 aliphatic heterocycles. The first-order valence-electron chi connectivity index (χ1n) is 41.0. The number of carbonyl (C=O) groups excluding carboxylic acids is 4. The van der Waals surface area contributed by atoms with Gasteiger partial charge in [-0.3, -0.25) is 29.0 Å². The van der Waals surface area contributed by atoms with Crippen LogP contribution in [0.4, 0.5) is 17.7 Å². The minimum absolute atomic E-state index is 0.107. The molecule has 6 heterocycles. The van der Waals surface area contributed by atoms with Crippen LogP contribution in [0.3, 0.4) is 0 Å². The van der Waals surface area contributed by atoms with Gasteiger partial charge in [-0.25, -0.2) is 24.9 Å². The molecule has 3 unspecified atom stereocenters. The fourth-order valence-electron chi connectivity index (χ4n) is 16.3. The van der Waals surface area contributed by atoms with Crippen molar-refractivity contribution in [3.8, 4) is 34.0 Å². The van der Waals surface area contributed by atoms with Gasteiger partial charge in [0.2, 0.25) is 11.9 Å². The lowest BCUT2D eigenvalue weighted by Crippen LogP contribution is -2.53. The number of aliphatic hydroxyl groups excluding tert-OH is 2. The number of nitrogens with zero attached hydrogens (tertiary/aromatic N) is 12. The average molecular weight is 1610 g/mol. The van der Waals surface area contributed by atoms with Gasteiger partial charge < -0.3 is 49.2 Å². The molecule has 3 fully saturated rings. The van der Waals surface area contributed by atoms with Crippen LogP contribution < -0.4 is 20.0 Å². The van der Waals surface area contributed by atoms with E-state index in [1.807, 2.05) is 0 Å². The predicted molar refractivity (Wildman–Crippen MR) is 447 cm³/mol. The molecule has 0 radical (unpaired) electrons. The van der Waals surface area contributed by atoms with E-state index in [-0.39, 0.29) is 88.5 Å². The monoisotopic (exact) mass is 1610 g/mol.